The van der Waals surface area contributed by atoms with Gasteiger partial charge in [-0.2, -0.15) is 0 Å². The first-order valence-corrected chi connectivity index (χ1v) is 7.69. The Bertz CT molecular complexity index is 615. The quantitative estimate of drug-likeness (QED) is 0.863. The molecule has 1 fully saturated rings. The first-order valence-electron chi connectivity index (χ1n) is 7.31. The first-order chi connectivity index (χ1) is 10.7. The summed E-state index contributed by atoms with van der Waals surface area (Å²) >= 11 is 6.02. The Hall–Kier alpha value is -1.88. The summed E-state index contributed by atoms with van der Waals surface area (Å²) in [5, 5.41) is 0.537. The third kappa shape index (κ3) is 3.65. The van der Waals surface area contributed by atoms with Gasteiger partial charge in [0.05, 0.1) is 12.8 Å². The van der Waals surface area contributed by atoms with Crippen LogP contribution in [0.25, 0.3) is 0 Å². The fraction of sp³-hybridized carbons (Fsp3) is 0.375. The van der Waals surface area contributed by atoms with E-state index in [1.165, 1.54) is 12.3 Å². The molecule has 6 heteroatoms. The van der Waals surface area contributed by atoms with E-state index in [1.54, 1.807) is 24.5 Å². The Morgan fingerprint density at radius 3 is 2.73 bits per heavy atom. The van der Waals surface area contributed by atoms with Gasteiger partial charge in [0, 0.05) is 31.5 Å². The van der Waals surface area contributed by atoms with Crippen molar-refractivity contribution in [2.75, 3.05) is 24.6 Å². The first kappa shape index (κ1) is 15.0. The molecule has 2 aromatic heterocycles. The molecule has 0 aliphatic carbocycles. The lowest BCUT2D eigenvalue weighted by Gasteiger charge is -2.32. The molecule has 1 aliphatic rings. The van der Waals surface area contributed by atoms with Crippen LogP contribution in [-0.4, -0.2) is 29.7 Å². The van der Waals surface area contributed by atoms with Gasteiger partial charge in [0.1, 0.15) is 22.4 Å². The highest BCUT2D eigenvalue weighted by Gasteiger charge is 2.21. The number of hydrogen-bond acceptors (Lipinski definition) is 4. The lowest BCUT2D eigenvalue weighted by molar-refractivity contribution is 0.222. The summed E-state index contributed by atoms with van der Waals surface area (Å²) in [6.45, 7) is 2.45. The van der Waals surface area contributed by atoms with Gasteiger partial charge in [-0.1, -0.05) is 11.6 Å². The van der Waals surface area contributed by atoms with Crippen molar-refractivity contribution >= 4 is 17.4 Å². The molecule has 0 amide bonds. The van der Waals surface area contributed by atoms with Gasteiger partial charge in [0.25, 0.3) is 0 Å². The minimum atomic E-state index is -0.304. The zero-order chi connectivity index (χ0) is 15.4. The van der Waals surface area contributed by atoms with Crippen molar-refractivity contribution in [3.8, 4) is 5.75 Å². The van der Waals surface area contributed by atoms with Crippen molar-refractivity contribution in [2.45, 2.75) is 12.8 Å². The van der Waals surface area contributed by atoms with Gasteiger partial charge in [-0.05, 0) is 30.9 Å². The van der Waals surface area contributed by atoms with E-state index < -0.39 is 0 Å². The van der Waals surface area contributed by atoms with E-state index in [2.05, 4.69) is 14.9 Å². The Labute approximate surface area is 133 Å². The molecule has 0 N–H and O–H groups in total. The van der Waals surface area contributed by atoms with E-state index in [-0.39, 0.29) is 5.82 Å². The second-order valence-electron chi connectivity index (χ2n) is 5.38. The maximum absolute atomic E-state index is 12.9. The van der Waals surface area contributed by atoms with Crippen LogP contribution in [0.4, 0.5) is 10.2 Å². The minimum Gasteiger partial charge on any atom is -0.492 e. The van der Waals surface area contributed by atoms with Crippen LogP contribution in [0.15, 0.2) is 36.8 Å². The molecule has 4 nitrogen and oxygen atoms in total. The van der Waals surface area contributed by atoms with Crippen LogP contribution in [0.3, 0.4) is 0 Å². The van der Waals surface area contributed by atoms with Gasteiger partial charge >= 0.3 is 0 Å². The predicted octanol–water partition coefficient (Wildman–Crippen LogP) is 3.56. The number of halogens is 2. The maximum Gasteiger partial charge on any atom is 0.141 e. The van der Waals surface area contributed by atoms with Gasteiger partial charge in [-0.15, -0.1) is 0 Å². The molecule has 1 saturated heterocycles. The summed E-state index contributed by atoms with van der Waals surface area (Å²) in [7, 11) is 0. The van der Waals surface area contributed by atoms with Gasteiger partial charge < -0.3 is 9.64 Å². The summed E-state index contributed by atoms with van der Waals surface area (Å²) in [4.78, 5) is 10.2. The molecule has 0 radical (unpaired) electrons. The van der Waals surface area contributed by atoms with E-state index in [9.17, 15) is 4.39 Å². The van der Waals surface area contributed by atoms with Crippen molar-refractivity contribution < 1.29 is 9.13 Å². The van der Waals surface area contributed by atoms with Crippen molar-refractivity contribution in [2.24, 2.45) is 5.92 Å². The summed E-state index contributed by atoms with van der Waals surface area (Å²) in [5.41, 5.74) is 0. The molecular weight excluding hydrogens is 305 g/mol. The number of anilines is 1. The van der Waals surface area contributed by atoms with Crippen LogP contribution >= 0.6 is 11.6 Å². The average molecular weight is 322 g/mol. The van der Waals surface area contributed by atoms with Crippen LogP contribution in [0.1, 0.15) is 12.8 Å². The molecule has 22 heavy (non-hydrogen) atoms. The maximum atomic E-state index is 12.9. The average Bonchev–Trinajstić information content (AvgIpc) is 2.55. The number of hydrogen-bond donors (Lipinski definition) is 0. The Kier molecular flexibility index (Phi) is 4.73. The molecule has 3 rings (SSSR count). The fourth-order valence-electron chi connectivity index (χ4n) is 2.57. The second-order valence-corrected chi connectivity index (χ2v) is 5.79. The number of nitrogens with zero attached hydrogens (tertiary/aromatic N) is 3. The largest absolute Gasteiger partial charge is 0.492 e. The van der Waals surface area contributed by atoms with Crippen LogP contribution in [0, 0.1) is 11.7 Å². The predicted molar refractivity (Wildman–Crippen MR) is 83.9 cm³/mol. The summed E-state index contributed by atoms with van der Waals surface area (Å²) in [6, 6.07) is 4.95. The van der Waals surface area contributed by atoms with E-state index in [1.807, 2.05) is 0 Å². The van der Waals surface area contributed by atoms with Gasteiger partial charge in [-0.3, -0.25) is 4.98 Å². The summed E-state index contributed by atoms with van der Waals surface area (Å²) < 4.78 is 18.7. The molecule has 0 atom stereocenters. The van der Waals surface area contributed by atoms with E-state index in [0.717, 1.165) is 31.7 Å². The monoisotopic (exact) mass is 321 g/mol. The summed E-state index contributed by atoms with van der Waals surface area (Å²) in [6.07, 6.45) is 6.54. The molecule has 0 saturated carbocycles. The highest BCUT2D eigenvalue weighted by molar-refractivity contribution is 6.31. The van der Waals surface area contributed by atoms with Crippen LogP contribution in [0.2, 0.25) is 5.02 Å². The number of ether oxygens (including phenoxy) is 1. The van der Waals surface area contributed by atoms with Crippen molar-refractivity contribution in [1.29, 1.82) is 0 Å². The molecule has 2 aromatic rings. The molecule has 0 spiro atoms. The SMILES string of the molecule is Fc1ccc(N2CCC(COc3ccncc3Cl)CC2)nc1. The van der Waals surface area contributed by atoms with Crippen LogP contribution in [-0.2, 0) is 0 Å². The molecule has 0 aromatic carbocycles. The fourth-order valence-corrected chi connectivity index (χ4v) is 2.74. The molecule has 116 valence electrons. The van der Waals surface area contributed by atoms with E-state index in [4.69, 9.17) is 16.3 Å². The number of aromatic nitrogens is 2. The van der Waals surface area contributed by atoms with Gasteiger partial charge in [0.15, 0.2) is 0 Å². The van der Waals surface area contributed by atoms with E-state index in [0.29, 0.717) is 23.3 Å². The number of rotatable bonds is 4. The number of pyridine rings is 2. The van der Waals surface area contributed by atoms with Crippen LogP contribution < -0.4 is 9.64 Å². The normalized spacial score (nSPS) is 15.8. The Morgan fingerprint density at radius 2 is 2.05 bits per heavy atom. The zero-order valence-corrected chi connectivity index (χ0v) is 12.8. The van der Waals surface area contributed by atoms with Gasteiger partial charge in [0.2, 0.25) is 0 Å². The highest BCUT2D eigenvalue weighted by atomic mass is 35.5. The Morgan fingerprint density at radius 1 is 1.23 bits per heavy atom. The standard InChI is InChI=1S/C16H17ClFN3O/c17-14-10-19-6-3-15(14)22-11-12-4-7-21(8-5-12)16-2-1-13(18)9-20-16/h1-3,6,9-10,12H,4-5,7-8,11H2. The third-order valence-electron chi connectivity index (χ3n) is 3.86. The minimum absolute atomic E-state index is 0.304. The van der Waals surface area contributed by atoms with Gasteiger partial charge in [-0.25, -0.2) is 9.37 Å². The lowest BCUT2D eigenvalue weighted by atomic mass is 9.98. The molecule has 1 aliphatic heterocycles. The van der Waals surface area contributed by atoms with Crippen molar-refractivity contribution in [3.05, 3.63) is 47.6 Å². The van der Waals surface area contributed by atoms with E-state index >= 15 is 0 Å². The second kappa shape index (κ2) is 6.92. The molecular formula is C16H17ClFN3O. The lowest BCUT2D eigenvalue weighted by Crippen LogP contribution is -2.36. The molecule has 3 heterocycles. The molecule has 0 bridgehead atoms. The topological polar surface area (TPSA) is 38.2 Å². The third-order valence-corrected chi connectivity index (χ3v) is 4.14. The smallest absolute Gasteiger partial charge is 0.141 e. The summed E-state index contributed by atoms with van der Waals surface area (Å²) in [5.74, 6) is 1.69. The van der Waals surface area contributed by atoms with Crippen molar-refractivity contribution in [1.82, 2.24) is 9.97 Å². The molecule has 0 unspecified atom stereocenters. The van der Waals surface area contributed by atoms with Crippen molar-refractivity contribution in [3.63, 3.8) is 0 Å². The number of piperidine rings is 1. The zero-order valence-electron chi connectivity index (χ0n) is 12.1. The highest BCUT2D eigenvalue weighted by Crippen LogP contribution is 2.26. The van der Waals surface area contributed by atoms with Crippen LogP contribution in [0.5, 0.6) is 5.75 Å². The Balaban J connectivity index is 1.49.